The first kappa shape index (κ1) is 15.3. The minimum absolute atomic E-state index is 0.147. The number of rotatable bonds is 6. The number of nitrogen functional groups attached to an aromatic ring is 1. The van der Waals surface area contributed by atoms with Crippen LogP contribution in [0.3, 0.4) is 0 Å². The maximum Gasteiger partial charge on any atom is 0.323 e. The highest BCUT2D eigenvalue weighted by molar-refractivity contribution is 7.93. The number of esters is 1. The van der Waals surface area contributed by atoms with Crippen LogP contribution in [0, 0.1) is 0 Å². The molecule has 1 rings (SSSR count). The summed E-state index contributed by atoms with van der Waals surface area (Å²) < 4.78 is 30.1. The van der Waals surface area contributed by atoms with E-state index in [1.54, 1.807) is 38.1 Å². The van der Waals surface area contributed by atoms with Crippen molar-refractivity contribution in [2.75, 3.05) is 28.9 Å². The Labute approximate surface area is 113 Å². The summed E-state index contributed by atoms with van der Waals surface area (Å²) in [6.07, 6.45) is 0. The molecular weight excluding hydrogens is 268 g/mol. The number of ether oxygens (including phenoxy) is 1. The lowest BCUT2D eigenvalue weighted by molar-refractivity contribution is -0.139. The molecule has 1 aromatic rings. The van der Waals surface area contributed by atoms with E-state index < -0.39 is 21.7 Å². The maximum absolute atomic E-state index is 12.2. The molecule has 0 radical (unpaired) electrons. The fraction of sp³-hybridized carbons (Fsp3) is 0.417. The smallest absolute Gasteiger partial charge is 0.323 e. The highest BCUT2D eigenvalue weighted by Crippen LogP contribution is 2.25. The average Bonchev–Trinajstić information content (AvgIpc) is 2.31. The van der Waals surface area contributed by atoms with Gasteiger partial charge in [-0.15, -0.1) is 0 Å². The summed E-state index contributed by atoms with van der Waals surface area (Å²) in [5, 5.41) is 0. The van der Waals surface area contributed by atoms with E-state index in [0.717, 1.165) is 4.31 Å². The van der Waals surface area contributed by atoms with Gasteiger partial charge in [-0.2, -0.15) is 0 Å². The lowest BCUT2D eigenvalue weighted by atomic mass is 10.3. The number of anilines is 2. The SMILES string of the molecule is CCOC(=O)CS(=O)(=O)N(CC)c1ccccc1N. The van der Waals surface area contributed by atoms with Gasteiger partial charge in [-0.1, -0.05) is 12.1 Å². The third kappa shape index (κ3) is 3.85. The molecule has 0 heterocycles. The van der Waals surface area contributed by atoms with Gasteiger partial charge in [-0.3, -0.25) is 9.10 Å². The summed E-state index contributed by atoms with van der Waals surface area (Å²) in [6.45, 7) is 3.64. The number of sulfonamides is 1. The minimum Gasteiger partial charge on any atom is -0.465 e. The normalized spacial score (nSPS) is 11.1. The number of hydrogen-bond donors (Lipinski definition) is 1. The number of carbonyl (C=O) groups is 1. The van der Waals surface area contributed by atoms with Crippen LogP contribution in [0.4, 0.5) is 11.4 Å². The Morgan fingerprint density at radius 3 is 2.47 bits per heavy atom. The van der Waals surface area contributed by atoms with Gasteiger partial charge < -0.3 is 10.5 Å². The first-order chi connectivity index (χ1) is 8.92. The van der Waals surface area contributed by atoms with Crippen molar-refractivity contribution in [3.63, 3.8) is 0 Å². The van der Waals surface area contributed by atoms with E-state index in [1.807, 2.05) is 0 Å². The summed E-state index contributed by atoms with van der Waals surface area (Å²) in [4.78, 5) is 11.3. The van der Waals surface area contributed by atoms with Crippen molar-refractivity contribution in [3.05, 3.63) is 24.3 Å². The largest absolute Gasteiger partial charge is 0.465 e. The Kier molecular flexibility index (Phi) is 5.17. The van der Waals surface area contributed by atoms with Gasteiger partial charge in [0, 0.05) is 6.54 Å². The van der Waals surface area contributed by atoms with Crippen molar-refractivity contribution < 1.29 is 17.9 Å². The molecule has 0 atom stereocenters. The first-order valence-electron chi connectivity index (χ1n) is 5.93. The molecule has 0 fully saturated rings. The zero-order valence-electron chi connectivity index (χ0n) is 11.0. The number of hydrogen-bond acceptors (Lipinski definition) is 5. The van der Waals surface area contributed by atoms with Gasteiger partial charge in [-0.05, 0) is 26.0 Å². The Balaban J connectivity index is 3.03. The third-order valence-electron chi connectivity index (χ3n) is 2.43. The quantitative estimate of drug-likeness (QED) is 0.622. The van der Waals surface area contributed by atoms with E-state index in [9.17, 15) is 13.2 Å². The highest BCUT2D eigenvalue weighted by Gasteiger charge is 2.26. The molecule has 6 nitrogen and oxygen atoms in total. The zero-order chi connectivity index (χ0) is 14.5. The van der Waals surface area contributed by atoms with Crippen LogP contribution < -0.4 is 10.0 Å². The zero-order valence-corrected chi connectivity index (χ0v) is 11.8. The molecule has 0 amide bonds. The van der Waals surface area contributed by atoms with E-state index in [-0.39, 0.29) is 13.2 Å². The summed E-state index contributed by atoms with van der Waals surface area (Å²) in [6, 6.07) is 6.61. The van der Waals surface area contributed by atoms with E-state index in [2.05, 4.69) is 4.74 Å². The number of carbonyl (C=O) groups excluding carboxylic acids is 1. The topological polar surface area (TPSA) is 89.7 Å². The van der Waals surface area contributed by atoms with Crippen molar-refractivity contribution >= 4 is 27.4 Å². The number of para-hydroxylation sites is 2. The molecule has 0 saturated heterocycles. The Hall–Kier alpha value is -1.76. The van der Waals surface area contributed by atoms with E-state index >= 15 is 0 Å². The van der Waals surface area contributed by atoms with Crippen molar-refractivity contribution in [3.8, 4) is 0 Å². The minimum atomic E-state index is -3.79. The molecule has 0 aromatic heterocycles. The lowest BCUT2D eigenvalue weighted by Crippen LogP contribution is -2.36. The van der Waals surface area contributed by atoms with Crippen LogP contribution in [-0.2, 0) is 19.6 Å². The second-order valence-corrected chi connectivity index (χ2v) is 5.68. The molecule has 0 spiro atoms. The fourth-order valence-corrected chi connectivity index (χ4v) is 3.06. The maximum atomic E-state index is 12.2. The molecule has 19 heavy (non-hydrogen) atoms. The number of nitrogens with zero attached hydrogens (tertiary/aromatic N) is 1. The molecule has 7 heteroatoms. The monoisotopic (exact) mass is 286 g/mol. The standard InChI is InChI=1S/C12H18N2O4S/c1-3-14(11-8-6-5-7-10(11)13)19(16,17)9-12(15)18-4-2/h5-8H,3-4,9,13H2,1-2H3. The van der Waals surface area contributed by atoms with Crippen LogP contribution in [0.2, 0.25) is 0 Å². The Morgan fingerprint density at radius 2 is 1.95 bits per heavy atom. The molecule has 0 aliphatic rings. The summed E-state index contributed by atoms with van der Waals surface area (Å²) >= 11 is 0. The molecule has 0 aliphatic carbocycles. The van der Waals surface area contributed by atoms with Gasteiger partial charge >= 0.3 is 5.97 Å². The summed E-state index contributed by atoms with van der Waals surface area (Å²) in [5.74, 6) is -1.46. The van der Waals surface area contributed by atoms with Crippen molar-refractivity contribution in [2.45, 2.75) is 13.8 Å². The average molecular weight is 286 g/mol. The predicted molar refractivity (Wildman–Crippen MR) is 74.3 cm³/mol. The number of nitrogens with two attached hydrogens (primary N) is 1. The van der Waals surface area contributed by atoms with Gasteiger partial charge in [0.25, 0.3) is 0 Å². The Morgan fingerprint density at radius 1 is 1.32 bits per heavy atom. The van der Waals surface area contributed by atoms with Crippen LogP contribution in [0.15, 0.2) is 24.3 Å². The van der Waals surface area contributed by atoms with Crippen LogP contribution in [0.1, 0.15) is 13.8 Å². The van der Waals surface area contributed by atoms with Crippen molar-refractivity contribution in [2.24, 2.45) is 0 Å². The van der Waals surface area contributed by atoms with E-state index in [4.69, 9.17) is 5.73 Å². The predicted octanol–water partition coefficient (Wildman–Crippen LogP) is 0.988. The van der Waals surface area contributed by atoms with Gasteiger partial charge in [0.05, 0.1) is 18.0 Å². The third-order valence-corrected chi connectivity index (χ3v) is 4.16. The first-order valence-corrected chi connectivity index (χ1v) is 7.53. The molecule has 0 unspecified atom stereocenters. The van der Waals surface area contributed by atoms with Gasteiger partial charge in [0.2, 0.25) is 10.0 Å². The van der Waals surface area contributed by atoms with E-state index in [0.29, 0.717) is 11.4 Å². The van der Waals surface area contributed by atoms with Crippen LogP contribution >= 0.6 is 0 Å². The lowest BCUT2D eigenvalue weighted by Gasteiger charge is -2.23. The molecular formula is C12H18N2O4S. The molecule has 0 bridgehead atoms. The summed E-state index contributed by atoms with van der Waals surface area (Å²) in [5.41, 5.74) is 6.47. The molecule has 0 saturated carbocycles. The molecule has 0 aliphatic heterocycles. The molecule has 1 aromatic carbocycles. The van der Waals surface area contributed by atoms with Crippen molar-refractivity contribution in [1.29, 1.82) is 0 Å². The van der Waals surface area contributed by atoms with Gasteiger partial charge in [0.1, 0.15) is 0 Å². The Bertz CT molecular complexity index is 542. The van der Waals surface area contributed by atoms with Crippen molar-refractivity contribution in [1.82, 2.24) is 0 Å². The van der Waals surface area contributed by atoms with Gasteiger partial charge in [0.15, 0.2) is 5.75 Å². The second kappa shape index (κ2) is 6.42. The summed E-state index contributed by atoms with van der Waals surface area (Å²) in [7, 11) is -3.79. The molecule has 2 N–H and O–H groups in total. The van der Waals surface area contributed by atoms with Gasteiger partial charge in [-0.25, -0.2) is 8.42 Å². The molecule has 106 valence electrons. The second-order valence-electron chi connectivity index (χ2n) is 3.78. The van der Waals surface area contributed by atoms with Crippen LogP contribution in [-0.4, -0.2) is 33.3 Å². The fourth-order valence-electron chi connectivity index (χ4n) is 1.66. The van der Waals surface area contributed by atoms with E-state index in [1.165, 1.54) is 0 Å². The van der Waals surface area contributed by atoms with Crippen LogP contribution in [0.25, 0.3) is 0 Å². The highest BCUT2D eigenvalue weighted by atomic mass is 32.2. The van der Waals surface area contributed by atoms with Crippen LogP contribution in [0.5, 0.6) is 0 Å². The number of benzene rings is 1.